The molecule has 108 valence electrons. The molecule has 0 radical (unpaired) electrons. The van der Waals surface area contributed by atoms with Crippen LogP contribution in [0, 0.1) is 6.92 Å². The van der Waals surface area contributed by atoms with Crippen molar-refractivity contribution in [1.82, 2.24) is 10.5 Å². The van der Waals surface area contributed by atoms with Gasteiger partial charge < -0.3 is 19.3 Å². The summed E-state index contributed by atoms with van der Waals surface area (Å²) in [4.78, 5) is 0. The van der Waals surface area contributed by atoms with Gasteiger partial charge in [0.15, 0.2) is 17.3 Å². The molecule has 0 aliphatic heterocycles. The summed E-state index contributed by atoms with van der Waals surface area (Å²) in [7, 11) is 3.56. The first-order chi connectivity index (χ1) is 9.63. The zero-order chi connectivity index (χ0) is 14.5. The number of ether oxygens (including phenoxy) is 2. The molecule has 1 heterocycles. The van der Waals surface area contributed by atoms with E-state index in [1.54, 1.807) is 7.11 Å². The van der Waals surface area contributed by atoms with E-state index in [0.717, 1.165) is 11.3 Å². The van der Waals surface area contributed by atoms with Gasteiger partial charge in [0, 0.05) is 12.1 Å². The van der Waals surface area contributed by atoms with Gasteiger partial charge >= 0.3 is 0 Å². The lowest BCUT2D eigenvalue weighted by Crippen LogP contribution is -2.12. The minimum atomic E-state index is 0.259. The highest BCUT2D eigenvalue weighted by Crippen LogP contribution is 2.30. The Morgan fingerprint density at radius 2 is 2.10 bits per heavy atom. The second-order valence-electron chi connectivity index (χ2n) is 4.64. The molecule has 0 saturated carbocycles. The molecule has 0 spiro atoms. The Bertz CT molecular complexity index is 566. The van der Waals surface area contributed by atoms with Gasteiger partial charge in [-0.25, -0.2) is 0 Å². The summed E-state index contributed by atoms with van der Waals surface area (Å²) in [6, 6.07) is 8.01. The second kappa shape index (κ2) is 6.43. The first-order valence-electron chi connectivity index (χ1n) is 6.54. The van der Waals surface area contributed by atoms with Crippen LogP contribution >= 0.6 is 0 Å². The molecule has 2 rings (SSSR count). The van der Waals surface area contributed by atoms with Gasteiger partial charge in [-0.1, -0.05) is 11.2 Å². The highest BCUT2D eigenvalue weighted by atomic mass is 16.5. The highest BCUT2D eigenvalue weighted by Gasteiger charge is 2.10. The molecular weight excluding hydrogens is 256 g/mol. The minimum absolute atomic E-state index is 0.259. The van der Waals surface area contributed by atoms with Crippen LogP contribution < -0.4 is 14.8 Å². The molecule has 0 fully saturated rings. The number of nitrogens with one attached hydrogen (secondary N) is 1. The van der Waals surface area contributed by atoms with Crippen LogP contribution in [-0.2, 0) is 6.61 Å². The van der Waals surface area contributed by atoms with E-state index in [1.807, 2.05) is 38.2 Å². The van der Waals surface area contributed by atoms with Gasteiger partial charge in [0.05, 0.1) is 12.8 Å². The molecule has 1 N–H and O–H groups in total. The van der Waals surface area contributed by atoms with Gasteiger partial charge in [-0.3, -0.25) is 0 Å². The molecule has 2 aromatic rings. The zero-order valence-corrected chi connectivity index (χ0v) is 12.3. The standard InChI is InChI=1S/C15H20N2O3/c1-10-7-13(20-17-10)9-19-14-6-5-12(11(2)16-3)8-15(14)18-4/h5-8,11,16H,9H2,1-4H3. The molecule has 0 bridgehead atoms. The van der Waals surface area contributed by atoms with Gasteiger partial charge in [-0.15, -0.1) is 0 Å². The van der Waals surface area contributed by atoms with E-state index < -0.39 is 0 Å². The third kappa shape index (κ3) is 3.30. The van der Waals surface area contributed by atoms with Crippen LogP contribution in [0.5, 0.6) is 11.5 Å². The molecule has 0 aliphatic rings. The second-order valence-corrected chi connectivity index (χ2v) is 4.64. The lowest BCUT2D eigenvalue weighted by Gasteiger charge is -2.14. The van der Waals surface area contributed by atoms with Crippen LogP contribution in [0.25, 0.3) is 0 Å². The number of rotatable bonds is 6. The largest absolute Gasteiger partial charge is 0.493 e. The van der Waals surface area contributed by atoms with Crippen molar-refractivity contribution in [3.8, 4) is 11.5 Å². The Labute approximate surface area is 118 Å². The Morgan fingerprint density at radius 1 is 1.30 bits per heavy atom. The Kier molecular flexibility index (Phi) is 4.63. The number of aryl methyl sites for hydroxylation is 1. The molecule has 5 nitrogen and oxygen atoms in total. The summed E-state index contributed by atoms with van der Waals surface area (Å²) >= 11 is 0. The number of benzene rings is 1. The van der Waals surface area contributed by atoms with Crippen LogP contribution in [0.3, 0.4) is 0 Å². The Morgan fingerprint density at radius 3 is 2.70 bits per heavy atom. The van der Waals surface area contributed by atoms with Crippen molar-refractivity contribution in [2.24, 2.45) is 0 Å². The predicted octanol–water partition coefficient (Wildman–Crippen LogP) is 2.85. The van der Waals surface area contributed by atoms with Gasteiger partial charge in [-0.2, -0.15) is 0 Å². The lowest BCUT2D eigenvalue weighted by atomic mass is 10.1. The van der Waals surface area contributed by atoms with Crippen molar-refractivity contribution >= 4 is 0 Å². The van der Waals surface area contributed by atoms with Crippen molar-refractivity contribution in [1.29, 1.82) is 0 Å². The summed E-state index contributed by atoms with van der Waals surface area (Å²) in [5.74, 6) is 2.09. The van der Waals surface area contributed by atoms with Gasteiger partial charge in [0.1, 0.15) is 6.61 Å². The number of hydrogen-bond acceptors (Lipinski definition) is 5. The van der Waals surface area contributed by atoms with Crippen LogP contribution in [0.1, 0.15) is 30.0 Å². The lowest BCUT2D eigenvalue weighted by molar-refractivity contribution is 0.238. The zero-order valence-electron chi connectivity index (χ0n) is 12.3. The summed E-state index contributed by atoms with van der Waals surface area (Å²) in [5, 5.41) is 7.02. The van der Waals surface area contributed by atoms with Crippen LogP contribution in [0.15, 0.2) is 28.8 Å². The number of hydrogen-bond donors (Lipinski definition) is 1. The molecule has 0 aliphatic carbocycles. The fraction of sp³-hybridized carbons (Fsp3) is 0.400. The topological polar surface area (TPSA) is 56.5 Å². The first kappa shape index (κ1) is 14.4. The summed E-state index contributed by atoms with van der Waals surface area (Å²) in [6.07, 6.45) is 0. The van der Waals surface area contributed by atoms with Crippen molar-refractivity contribution in [2.45, 2.75) is 26.5 Å². The molecule has 1 unspecified atom stereocenters. The normalized spacial score (nSPS) is 12.2. The van der Waals surface area contributed by atoms with E-state index in [1.165, 1.54) is 0 Å². The number of aromatic nitrogens is 1. The predicted molar refractivity (Wildman–Crippen MR) is 76.0 cm³/mol. The van der Waals surface area contributed by atoms with E-state index in [0.29, 0.717) is 23.9 Å². The Hall–Kier alpha value is -2.01. The van der Waals surface area contributed by atoms with Crippen molar-refractivity contribution in [3.05, 3.63) is 41.3 Å². The van der Waals surface area contributed by atoms with E-state index in [2.05, 4.69) is 17.4 Å². The van der Waals surface area contributed by atoms with Crippen molar-refractivity contribution in [2.75, 3.05) is 14.2 Å². The molecule has 1 atom stereocenters. The van der Waals surface area contributed by atoms with Gasteiger partial charge in [0.25, 0.3) is 0 Å². The fourth-order valence-electron chi connectivity index (χ4n) is 1.87. The maximum Gasteiger partial charge on any atom is 0.174 e. The van der Waals surface area contributed by atoms with Crippen molar-refractivity contribution in [3.63, 3.8) is 0 Å². The smallest absolute Gasteiger partial charge is 0.174 e. The van der Waals surface area contributed by atoms with Gasteiger partial charge in [-0.05, 0) is 38.6 Å². The maximum absolute atomic E-state index is 5.72. The highest BCUT2D eigenvalue weighted by molar-refractivity contribution is 5.43. The van der Waals surface area contributed by atoms with Crippen LogP contribution in [0.2, 0.25) is 0 Å². The first-order valence-corrected chi connectivity index (χ1v) is 6.54. The van der Waals surface area contributed by atoms with E-state index >= 15 is 0 Å². The summed E-state index contributed by atoms with van der Waals surface area (Å²) in [6.45, 7) is 4.30. The van der Waals surface area contributed by atoms with Crippen LogP contribution in [-0.4, -0.2) is 19.3 Å². The van der Waals surface area contributed by atoms with Gasteiger partial charge in [0.2, 0.25) is 0 Å². The molecule has 1 aromatic carbocycles. The minimum Gasteiger partial charge on any atom is -0.493 e. The molecule has 20 heavy (non-hydrogen) atoms. The fourth-order valence-corrected chi connectivity index (χ4v) is 1.87. The average molecular weight is 276 g/mol. The molecule has 0 amide bonds. The monoisotopic (exact) mass is 276 g/mol. The third-order valence-electron chi connectivity index (χ3n) is 3.17. The average Bonchev–Trinajstić information content (AvgIpc) is 2.89. The maximum atomic E-state index is 5.72. The number of methoxy groups -OCH3 is 1. The van der Waals surface area contributed by atoms with Crippen molar-refractivity contribution < 1.29 is 14.0 Å². The molecule has 5 heteroatoms. The van der Waals surface area contributed by atoms with Crippen LogP contribution in [0.4, 0.5) is 0 Å². The SMILES string of the molecule is CNC(C)c1ccc(OCc2cc(C)no2)c(OC)c1. The Balaban J connectivity index is 2.11. The molecule has 0 saturated heterocycles. The third-order valence-corrected chi connectivity index (χ3v) is 3.17. The summed E-state index contributed by atoms with van der Waals surface area (Å²) in [5.41, 5.74) is 1.99. The molecule has 1 aromatic heterocycles. The number of nitrogens with zero attached hydrogens (tertiary/aromatic N) is 1. The van der Waals surface area contributed by atoms with E-state index in [9.17, 15) is 0 Å². The quantitative estimate of drug-likeness (QED) is 0.879. The summed E-state index contributed by atoms with van der Waals surface area (Å²) < 4.78 is 16.2. The van der Waals surface area contributed by atoms with E-state index in [-0.39, 0.29) is 6.04 Å². The van der Waals surface area contributed by atoms with E-state index in [4.69, 9.17) is 14.0 Å². The molecular formula is C15H20N2O3.